The van der Waals surface area contributed by atoms with Crippen molar-refractivity contribution in [3.05, 3.63) is 30.1 Å². The Kier molecular flexibility index (Phi) is 3.94. The molecule has 0 amide bonds. The molecule has 2 rings (SSSR count). The summed E-state index contributed by atoms with van der Waals surface area (Å²) in [6.07, 6.45) is 0. The van der Waals surface area contributed by atoms with E-state index in [0.29, 0.717) is 6.54 Å². The summed E-state index contributed by atoms with van der Waals surface area (Å²) in [5.41, 5.74) is 2.04. The van der Waals surface area contributed by atoms with Crippen LogP contribution in [0.4, 0.5) is 5.69 Å². The Hall–Kier alpha value is -1.88. The van der Waals surface area contributed by atoms with Gasteiger partial charge in [0.2, 0.25) is 0 Å². The van der Waals surface area contributed by atoms with Crippen LogP contribution in [0.3, 0.4) is 0 Å². The monoisotopic (exact) mass is 246 g/mol. The number of benzene rings is 1. The third-order valence-electron chi connectivity index (χ3n) is 2.84. The van der Waals surface area contributed by atoms with Crippen molar-refractivity contribution in [2.24, 2.45) is 0 Å². The quantitative estimate of drug-likeness (QED) is 0.842. The van der Waals surface area contributed by atoms with Gasteiger partial charge in [-0.25, -0.2) is 0 Å². The lowest BCUT2D eigenvalue weighted by Gasteiger charge is -2.07. The van der Waals surface area contributed by atoms with Gasteiger partial charge in [0, 0.05) is 24.3 Å². The highest BCUT2D eigenvalue weighted by Gasteiger charge is 2.08. The minimum Gasteiger partial charge on any atom is -0.395 e. The van der Waals surface area contributed by atoms with Crippen LogP contribution in [0, 0.1) is 6.92 Å². The third-order valence-corrected chi connectivity index (χ3v) is 2.84. The Labute approximate surface area is 106 Å². The second-order valence-corrected chi connectivity index (χ2v) is 4.04. The largest absolute Gasteiger partial charge is 0.395 e. The maximum absolute atomic E-state index is 8.75. The molecule has 1 aromatic heterocycles. The average molecular weight is 246 g/mol. The molecule has 0 aliphatic rings. The van der Waals surface area contributed by atoms with Gasteiger partial charge in [-0.2, -0.15) is 0 Å². The molecule has 1 heterocycles. The fraction of sp³-hybridized carbons (Fsp3) is 0.385. The van der Waals surface area contributed by atoms with Crippen molar-refractivity contribution in [2.45, 2.75) is 20.4 Å². The van der Waals surface area contributed by atoms with Gasteiger partial charge < -0.3 is 15.0 Å². The smallest absolute Gasteiger partial charge is 0.163 e. The van der Waals surface area contributed by atoms with E-state index < -0.39 is 0 Å². The van der Waals surface area contributed by atoms with Crippen molar-refractivity contribution in [1.29, 1.82) is 0 Å². The number of hydrogen-bond donors (Lipinski definition) is 2. The summed E-state index contributed by atoms with van der Waals surface area (Å²) in [6, 6.07) is 7.98. The van der Waals surface area contributed by atoms with E-state index in [-0.39, 0.29) is 6.61 Å². The fourth-order valence-corrected chi connectivity index (χ4v) is 1.91. The molecule has 1 aromatic carbocycles. The second-order valence-electron chi connectivity index (χ2n) is 4.04. The minimum absolute atomic E-state index is 0.130. The minimum atomic E-state index is 0.130. The molecule has 2 aromatic rings. The van der Waals surface area contributed by atoms with Gasteiger partial charge in [-0.3, -0.25) is 0 Å². The van der Waals surface area contributed by atoms with Gasteiger partial charge in [0.05, 0.1) is 6.61 Å². The zero-order chi connectivity index (χ0) is 13.0. The molecule has 0 unspecified atom stereocenters. The Morgan fingerprint density at radius 1 is 1.22 bits per heavy atom. The first kappa shape index (κ1) is 12.6. The summed E-state index contributed by atoms with van der Waals surface area (Å²) in [6.45, 7) is 5.58. The molecule has 96 valence electrons. The van der Waals surface area contributed by atoms with E-state index in [9.17, 15) is 0 Å². The molecule has 0 bridgehead atoms. The van der Waals surface area contributed by atoms with E-state index in [1.807, 2.05) is 31.2 Å². The van der Waals surface area contributed by atoms with Crippen molar-refractivity contribution < 1.29 is 5.11 Å². The standard InChI is InChI=1S/C13H18N4O/c1-3-17-10(2)15-16-13(17)11-4-6-12(7-5-11)14-8-9-18/h4-7,14,18H,3,8-9H2,1-2H3. The van der Waals surface area contributed by atoms with Crippen LogP contribution >= 0.6 is 0 Å². The SMILES string of the molecule is CCn1c(C)nnc1-c1ccc(NCCO)cc1. The van der Waals surface area contributed by atoms with Gasteiger partial charge in [-0.15, -0.1) is 10.2 Å². The van der Waals surface area contributed by atoms with Crippen LogP contribution in [0.5, 0.6) is 0 Å². The summed E-state index contributed by atoms with van der Waals surface area (Å²) in [4.78, 5) is 0. The average Bonchev–Trinajstić information content (AvgIpc) is 2.78. The van der Waals surface area contributed by atoms with E-state index in [4.69, 9.17) is 5.11 Å². The molecule has 0 aliphatic heterocycles. The van der Waals surface area contributed by atoms with Crippen molar-refractivity contribution in [3.63, 3.8) is 0 Å². The van der Waals surface area contributed by atoms with Crippen LogP contribution in [0.25, 0.3) is 11.4 Å². The lowest BCUT2D eigenvalue weighted by molar-refractivity contribution is 0.311. The summed E-state index contributed by atoms with van der Waals surface area (Å²) in [5.74, 6) is 1.82. The Balaban J connectivity index is 2.23. The summed E-state index contributed by atoms with van der Waals surface area (Å²) < 4.78 is 2.08. The molecule has 0 radical (unpaired) electrons. The van der Waals surface area contributed by atoms with Gasteiger partial charge in [0.1, 0.15) is 5.82 Å². The number of aryl methyl sites for hydroxylation is 1. The van der Waals surface area contributed by atoms with Crippen LogP contribution in [-0.4, -0.2) is 33.0 Å². The summed E-state index contributed by atoms with van der Waals surface area (Å²) >= 11 is 0. The second kappa shape index (κ2) is 5.64. The predicted molar refractivity (Wildman–Crippen MR) is 71.4 cm³/mol. The van der Waals surface area contributed by atoms with E-state index in [1.165, 1.54) is 0 Å². The van der Waals surface area contributed by atoms with Crippen LogP contribution in [0.1, 0.15) is 12.7 Å². The Bertz CT molecular complexity index is 504. The first-order chi connectivity index (χ1) is 8.76. The summed E-state index contributed by atoms with van der Waals surface area (Å²) in [5, 5.41) is 20.2. The van der Waals surface area contributed by atoms with Crippen LogP contribution < -0.4 is 5.32 Å². The first-order valence-corrected chi connectivity index (χ1v) is 6.11. The number of anilines is 1. The molecule has 0 saturated carbocycles. The molecule has 0 atom stereocenters. The molecule has 5 nitrogen and oxygen atoms in total. The normalized spacial score (nSPS) is 10.6. The van der Waals surface area contributed by atoms with Crippen molar-refractivity contribution in [3.8, 4) is 11.4 Å². The molecular weight excluding hydrogens is 228 g/mol. The number of aromatic nitrogens is 3. The molecule has 0 spiro atoms. The summed E-state index contributed by atoms with van der Waals surface area (Å²) in [7, 11) is 0. The van der Waals surface area contributed by atoms with Crippen molar-refractivity contribution in [1.82, 2.24) is 14.8 Å². The maximum Gasteiger partial charge on any atom is 0.163 e. The lowest BCUT2D eigenvalue weighted by Crippen LogP contribution is -2.05. The molecule has 0 aliphatic carbocycles. The first-order valence-electron chi connectivity index (χ1n) is 6.11. The predicted octanol–water partition coefficient (Wildman–Crippen LogP) is 1.68. The fourth-order valence-electron chi connectivity index (χ4n) is 1.91. The van der Waals surface area contributed by atoms with Crippen LogP contribution in [-0.2, 0) is 6.54 Å². The van der Waals surface area contributed by atoms with Gasteiger partial charge in [-0.05, 0) is 38.1 Å². The van der Waals surface area contributed by atoms with E-state index in [0.717, 1.165) is 29.4 Å². The van der Waals surface area contributed by atoms with Crippen molar-refractivity contribution in [2.75, 3.05) is 18.5 Å². The van der Waals surface area contributed by atoms with E-state index in [1.54, 1.807) is 0 Å². The molecule has 5 heteroatoms. The van der Waals surface area contributed by atoms with Gasteiger partial charge in [-0.1, -0.05) is 0 Å². The lowest BCUT2D eigenvalue weighted by atomic mass is 10.2. The molecule has 18 heavy (non-hydrogen) atoms. The van der Waals surface area contributed by atoms with Crippen LogP contribution in [0.15, 0.2) is 24.3 Å². The Morgan fingerprint density at radius 2 is 1.94 bits per heavy atom. The Morgan fingerprint density at radius 3 is 2.56 bits per heavy atom. The third kappa shape index (κ3) is 2.51. The van der Waals surface area contributed by atoms with Gasteiger partial charge >= 0.3 is 0 Å². The molecule has 0 saturated heterocycles. The topological polar surface area (TPSA) is 63.0 Å². The van der Waals surface area contributed by atoms with Crippen molar-refractivity contribution >= 4 is 5.69 Å². The zero-order valence-corrected chi connectivity index (χ0v) is 10.7. The molecule has 2 N–H and O–H groups in total. The number of nitrogens with zero attached hydrogens (tertiary/aromatic N) is 3. The van der Waals surface area contributed by atoms with E-state index >= 15 is 0 Å². The van der Waals surface area contributed by atoms with E-state index in [2.05, 4.69) is 27.0 Å². The number of aliphatic hydroxyl groups excluding tert-OH is 1. The number of aliphatic hydroxyl groups is 1. The number of rotatable bonds is 5. The number of nitrogens with one attached hydrogen (secondary N) is 1. The zero-order valence-electron chi connectivity index (χ0n) is 10.7. The van der Waals surface area contributed by atoms with Gasteiger partial charge in [0.25, 0.3) is 0 Å². The van der Waals surface area contributed by atoms with Gasteiger partial charge in [0.15, 0.2) is 5.82 Å². The highest BCUT2D eigenvalue weighted by atomic mass is 16.3. The highest BCUT2D eigenvalue weighted by molar-refractivity contribution is 5.60. The molecular formula is C13H18N4O. The number of hydrogen-bond acceptors (Lipinski definition) is 4. The maximum atomic E-state index is 8.75. The van der Waals surface area contributed by atoms with Crippen LogP contribution in [0.2, 0.25) is 0 Å². The highest BCUT2D eigenvalue weighted by Crippen LogP contribution is 2.20. The molecule has 0 fully saturated rings.